The number of ether oxygens (including phenoxy) is 1. The molecule has 0 aromatic carbocycles. The van der Waals surface area contributed by atoms with Crippen LogP contribution in [0.15, 0.2) is 0 Å². The molecule has 0 spiro atoms. The smallest absolute Gasteiger partial charge is 0.303 e. The Balaban J connectivity index is 0.000000557. The number of hydrogen-bond acceptors (Lipinski definition) is 3. The molecule has 0 saturated carbocycles. The van der Waals surface area contributed by atoms with Gasteiger partial charge in [0.2, 0.25) is 0 Å². The van der Waals surface area contributed by atoms with Gasteiger partial charge in [-0.1, -0.05) is 26.7 Å². The van der Waals surface area contributed by atoms with Crippen molar-refractivity contribution in [3.8, 4) is 0 Å². The molecule has 4 heteroatoms. The number of hydrogen-bond donors (Lipinski definition) is 0. The summed E-state index contributed by atoms with van der Waals surface area (Å²) in [6.45, 7) is 8.36. The summed E-state index contributed by atoms with van der Waals surface area (Å²) in [7, 11) is 0. The summed E-state index contributed by atoms with van der Waals surface area (Å²) in [5.74, 6) is -0.486. The minimum absolute atomic E-state index is 0.0831. The van der Waals surface area contributed by atoms with Crippen molar-refractivity contribution in [2.75, 3.05) is 13.2 Å². The van der Waals surface area contributed by atoms with Gasteiger partial charge in [-0.3, -0.25) is 9.59 Å². The molecule has 1 aliphatic heterocycles. The van der Waals surface area contributed by atoms with E-state index in [0.717, 1.165) is 19.4 Å². The first kappa shape index (κ1) is 15.9. The molecule has 1 saturated heterocycles. The summed E-state index contributed by atoms with van der Waals surface area (Å²) in [4.78, 5) is 23.6. The second-order valence-electron chi connectivity index (χ2n) is 4.36. The van der Waals surface area contributed by atoms with E-state index < -0.39 is 5.97 Å². The number of rotatable bonds is 3. The Hall–Kier alpha value is -1.06. The molecule has 0 aromatic heterocycles. The first-order chi connectivity index (χ1) is 8.02. The molecular formula is C13H25NO3. The van der Waals surface area contributed by atoms with Gasteiger partial charge in [-0.25, -0.2) is 0 Å². The van der Waals surface area contributed by atoms with Crippen molar-refractivity contribution in [2.45, 2.75) is 59.4 Å². The summed E-state index contributed by atoms with van der Waals surface area (Å²) >= 11 is 0. The highest BCUT2D eigenvalue weighted by Gasteiger charge is 2.25. The molecule has 1 atom stereocenters. The second kappa shape index (κ2) is 9.02. The van der Waals surface area contributed by atoms with Crippen LogP contribution in [0, 0.1) is 0 Å². The van der Waals surface area contributed by atoms with Crippen LogP contribution in [0.25, 0.3) is 0 Å². The van der Waals surface area contributed by atoms with Gasteiger partial charge in [-0.05, 0) is 19.8 Å². The van der Waals surface area contributed by atoms with Crippen molar-refractivity contribution < 1.29 is 14.3 Å². The van der Waals surface area contributed by atoms with Gasteiger partial charge in [-0.2, -0.15) is 0 Å². The first-order valence-corrected chi connectivity index (χ1v) is 6.45. The third-order valence-electron chi connectivity index (χ3n) is 2.77. The number of nitrogens with zero attached hydrogens (tertiary/aromatic N) is 1. The van der Waals surface area contributed by atoms with Crippen LogP contribution >= 0.6 is 0 Å². The van der Waals surface area contributed by atoms with Crippen molar-refractivity contribution in [2.24, 2.45) is 0 Å². The minimum atomic E-state index is -0.403. The Morgan fingerprint density at radius 3 is 2.24 bits per heavy atom. The van der Waals surface area contributed by atoms with Gasteiger partial charge in [0.1, 0.15) is 0 Å². The van der Waals surface area contributed by atoms with Gasteiger partial charge in [0.05, 0.1) is 0 Å². The highest BCUT2D eigenvalue weighted by atomic mass is 16.5. The standard InChI is InChI=1S/C9H15NO3.C4H10/c1-7-4-3-5-10(7)9(12)6-13-8(2)11;1-3-4-2/h7H,3-6H2,1-2H3;3-4H2,1-2H3/t7-;/m1./s1. The molecule has 1 amide bonds. The summed E-state index contributed by atoms with van der Waals surface area (Å²) in [6.07, 6.45) is 4.73. The molecule has 0 unspecified atom stereocenters. The van der Waals surface area contributed by atoms with Crippen LogP contribution in [0.2, 0.25) is 0 Å². The number of unbranched alkanes of at least 4 members (excludes halogenated alkanes) is 1. The summed E-state index contributed by atoms with van der Waals surface area (Å²) in [5, 5.41) is 0. The number of esters is 1. The van der Waals surface area contributed by atoms with Crippen molar-refractivity contribution in [1.82, 2.24) is 4.90 Å². The zero-order valence-corrected chi connectivity index (χ0v) is 11.5. The third-order valence-corrected chi connectivity index (χ3v) is 2.77. The molecule has 100 valence electrons. The third kappa shape index (κ3) is 6.97. The van der Waals surface area contributed by atoms with Gasteiger partial charge in [-0.15, -0.1) is 0 Å². The second-order valence-corrected chi connectivity index (χ2v) is 4.36. The summed E-state index contributed by atoms with van der Waals surface area (Å²) < 4.78 is 4.63. The van der Waals surface area contributed by atoms with Crippen LogP contribution in [-0.2, 0) is 14.3 Å². The highest BCUT2D eigenvalue weighted by molar-refractivity contribution is 5.80. The largest absolute Gasteiger partial charge is 0.456 e. The van der Waals surface area contributed by atoms with Crippen molar-refractivity contribution in [1.29, 1.82) is 0 Å². The van der Waals surface area contributed by atoms with E-state index in [2.05, 4.69) is 18.6 Å². The van der Waals surface area contributed by atoms with Gasteiger partial charge in [0.15, 0.2) is 6.61 Å². The van der Waals surface area contributed by atoms with Crippen LogP contribution in [0.5, 0.6) is 0 Å². The molecule has 0 aliphatic carbocycles. The van der Waals surface area contributed by atoms with E-state index in [4.69, 9.17) is 0 Å². The predicted octanol–water partition coefficient (Wildman–Crippen LogP) is 2.37. The maximum atomic E-state index is 11.4. The zero-order chi connectivity index (χ0) is 13.3. The average Bonchev–Trinajstić information content (AvgIpc) is 2.72. The normalized spacial score (nSPS) is 18.4. The maximum Gasteiger partial charge on any atom is 0.303 e. The Kier molecular flexibility index (Phi) is 8.46. The molecule has 0 aromatic rings. The van der Waals surface area contributed by atoms with Crippen molar-refractivity contribution in [3.63, 3.8) is 0 Å². The predicted molar refractivity (Wildman–Crippen MR) is 67.6 cm³/mol. The van der Waals surface area contributed by atoms with E-state index in [0.29, 0.717) is 6.04 Å². The molecule has 17 heavy (non-hydrogen) atoms. The molecule has 0 radical (unpaired) electrons. The lowest BCUT2D eigenvalue weighted by atomic mass is 10.2. The molecule has 0 bridgehead atoms. The van der Waals surface area contributed by atoms with Crippen LogP contribution in [-0.4, -0.2) is 36.0 Å². The summed E-state index contributed by atoms with van der Waals surface area (Å²) in [5.41, 5.74) is 0. The Labute approximate surface area is 104 Å². The monoisotopic (exact) mass is 243 g/mol. The average molecular weight is 243 g/mol. The molecule has 1 heterocycles. The number of amides is 1. The fourth-order valence-electron chi connectivity index (χ4n) is 1.55. The lowest BCUT2D eigenvalue weighted by Gasteiger charge is -2.20. The topological polar surface area (TPSA) is 46.6 Å². The van der Waals surface area contributed by atoms with Gasteiger partial charge in [0, 0.05) is 19.5 Å². The molecule has 0 N–H and O–H groups in total. The van der Waals surface area contributed by atoms with E-state index in [1.807, 2.05) is 6.92 Å². The SMILES string of the molecule is CC(=O)OCC(=O)N1CCC[C@H]1C.CCCC. The lowest BCUT2D eigenvalue weighted by Crippen LogP contribution is -2.36. The Morgan fingerprint density at radius 2 is 1.88 bits per heavy atom. The highest BCUT2D eigenvalue weighted by Crippen LogP contribution is 2.16. The van der Waals surface area contributed by atoms with Crippen molar-refractivity contribution >= 4 is 11.9 Å². The van der Waals surface area contributed by atoms with Crippen LogP contribution in [0.4, 0.5) is 0 Å². The van der Waals surface area contributed by atoms with Gasteiger partial charge in [0.25, 0.3) is 5.91 Å². The number of carbonyl (C=O) groups is 2. The molecule has 1 rings (SSSR count). The fraction of sp³-hybridized carbons (Fsp3) is 0.846. The van der Waals surface area contributed by atoms with Crippen LogP contribution in [0.1, 0.15) is 53.4 Å². The van der Waals surface area contributed by atoms with E-state index >= 15 is 0 Å². The van der Waals surface area contributed by atoms with E-state index in [1.165, 1.54) is 19.8 Å². The van der Waals surface area contributed by atoms with Gasteiger partial charge < -0.3 is 9.64 Å². The Morgan fingerprint density at radius 1 is 1.29 bits per heavy atom. The van der Waals surface area contributed by atoms with E-state index in [-0.39, 0.29) is 12.5 Å². The Bertz CT molecular complexity index is 239. The zero-order valence-electron chi connectivity index (χ0n) is 11.5. The number of carbonyl (C=O) groups excluding carboxylic acids is 2. The molecule has 4 nitrogen and oxygen atoms in total. The lowest BCUT2D eigenvalue weighted by molar-refractivity contribution is -0.150. The fourth-order valence-corrected chi connectivity index (χ4v) is 1.55. The maximum absolute atomic E-state index is 11.4. The summed E-state index contributed by atoms with van der Waals surface area (Å²) in [6, 6.07) is 0.294. The van der Waals surface area contributed by atoms with Gasteiger partial charge >= 0.3 is 5.97 Å². The minimum Gasteiger partial charge on any atom is -0.456 e. The molecule has 1 aliphatic rings. The molecule has 1 fully saturated rings. The molecular weight excluding hydrogens is 218 g/mol. The van der Waals surface area contributed by atoms with Crippen LogP contribution < -0.4 is 0 Å². The first-order valence-electron chi connectivity index (χ1n) is 6.45. The van der Waals surface area contributed by atoms with Crippen LogP contribution in [0.3, 0.4) is 0 Å². The van der Waals surface area contributed by atoms with E-state index in [1.54, 1.807) is 4.90 Å². The number of likely N-dealkylation sites (tertiary alicyclic amines) is 1. The van der Waals surface area contributed by atoms with E-state index in [9.17, 15) is 9.59 Å². The quantitative estimate of drug-likeness (QED) is 0.715. The van der Waals surface area contributed by atoms with Crippen molar-refractivity contribution in [3.05, 3.63) is 0 Å².